The van der Waals surface area contributed by atoms with Gasteiger partial charge in [-0.25, -0.2) is 9.79 Å². The van der Waals surface area contributed by atoms with Gasteiger partial charge in [0.05, 0.1) is 19.8 Å². The van der Waals surface area contributed by atoms with Crippen LogP contribution in [0.3, 0.4) is 0 Å². The van der Waals surface area contributed by atoms with Crippen LogP contribution in [0.25, 0.3) is 6.08 Å². The summed E-state index contributed by atoms with van der Waals surface area (Å²) < 4.78 is 15.8. The van der Waals surface area contributed by atoms with E-state index in [4.69, 9.17) is 14.2 Å². The van der Waals surface area contributed by atoms with E-state index in [1.165, 1.54) is 0 Å². The minimum atomic E-state index is -0.495. The Morgan fingerprint density at radius 1 is 0.960 bits per heavy atom. The second kappa shape index (κ2) is 7.49. The molecule has 2 aromatic rings. The molecule has 25 heavy (non-hydrogen) atoms. The lowest BCUT2D eigenvalue weighted by Crippen LogP contribution is -2.06. The zero-order valence-electron chi connectivity index (χ0n) is 13.9. The Labute approximate surface area is 145 Å². The number of aliphatic imine (C=N–C) groups is 1. The Bertz CT molecular complexity index is 881. The van der Waals surface area contributed by atoms with Crippen molar-refractivity contribution in [3.63, 3.8) is 0 Å². The number of hydrogen-bond acceptors (Lipinski definition) is 5. The Morgan fingerprint density at radius 3 is 2.40 bits per heavy atom. The molecule has 2 aromatic carbocycles. The van der Waals surface area contributed by atoms with Gasteiger partial charge in [-0.2, -0.15) is 0 Å². The van der Waals surface area contributed by atoms with Gasteiger partial charge < -0.3 is 14.2 Å². The van der Waals surface area contributed by atoms with E-state index >= 15 is 0 Å². The van der Waals surface area contributed by atoms with Gasteiger partial charge in [-0.3, -0.25) is 0 Å². The molecule has 1 heterocycles. The van der Waals surface area contributed by atoms with E-state index in [9.17, 15) is 4.79 Å². The summed E-state index contributed by atoms with van der Waals surface area (Å²) in [6, 6.07) is 14.8. The first kappa shape index (κ1) is 16.5. The molecular weight excluding hydrogens is 318 g/mol. The first-order valence-electron chi connectivity index (χ1n) is 7.68. The van der Waals surface area contributed by atoms with Gasteiger partial charge in [-0.1, -0.05) is 42.5 Å². The molecule has 0 N–H and O–H groups in total. The molecule has 0 saturated carbocycles. The average Bonchev–Trinajstić information content (AvgIpc) is 3.02. The molecule has 0 aromatic heterocycles. The van der Waals surface area contributed by atoms with Crippen LogP contribution in [-0.4, -0.2) is 26.1 Å². The van der Waals surface area contributed by atoms with Crippen LogP contribution in [-0.2, 0) is 9.53 Å². The number of ether oxygens (including phenoxy) is 3. The molecular formula is C20H17NO4. The van der Waals surface area contributed by atoms with Crippen molar-refractivity contribution >= 4 is 17.9 Å². The largest absolute Gasteiger partial charge is 0.496 e. The fraction of sp³-hybridized carbons (Fsp3) is 0.100. The number of allylic oxidation sites excluding steroid dienone is 2. The van der Waals surface area contributed by atoms with Gasteiger partial charge in [0.1, 0.15) is 11.5 Å². The van der Waals surface area contributed by atoms with E-state index in [0.29, 0.717) is 11.3 Å². The SMILES string of the molecule is COc1ccccc1C=CC=C1N=C(c2ccccc2OC)OC1=O. The third-order valence-corrected chi connectivity index (χ3v) is 3.63. The predicted molar refractivity (Wildman–Crippen MR) is 95.7 cm³/mol. The number of cyclic esters (lactones) is 1. The molecule has 5 heteroatoms. The smallest absolute Gasteiger partial charge is 0.363 e. The highest BCUT2D eigenvalue weighted by atomic mass is 16.6. The van der Waals surface area contributed by atoms with Gasteiger partial charge in [0.25, 0.3) is 0 Å². The van der Waals surface area contributed by atoms with E-state index in [0.717, 1.165) is 11.3 Å². The van der Waals surface area contributed by atoms with Gasteiger partial charge in [0, 0.05) is 5.56 Å². The van der Waals surface area contributed by atoms with Crippen molar-refractivity contribution in [3.05, 3.63) is 77.5 Å². The number of para-hydroxylation sites is 2. The first-order chi connectivity index (χ1) is 12.2. The Hall–Kier alpha value is -3.34. The van der Waals surface area contributed by atoms with Crippen molar-refractivity contribution < 1.29 is 19.0 Å². The molecule has 0 spiro atoms. The van der Waals surface area contributed by atoms with E-state index in [1.807, 2.05) is 42.5 Å². The maximum absolute atomic E-state index is 12.0. The summed E-state index contributed by atoms with van der Waals surface area (Å²) in [6.07, 6.45) is 5.19. The normalized spacial score (nSPS) is 15.4. The quantitative estimate of drug-likeness (QED) is 0.619. The van der Waals surface area contributed by atoms with Crippen molar-refractivity contribution in [2.24, 2.45) is 4.99 Å². The van der Waals surface area contributed by atoms with Gasteiger partial charge >= 0.3 is 5.97 Å². The van der Waals surface area contributed by atoms with Crippen molar-refractivity contribution in [2.45, 2.75) is 0 Å². The van der Waals surface area contributed by atoms with E-state index < -0.39 is 5.97 Å². The summed E-state index contributed by atoms with van der Waals surface area (Å²) in [5.41, 5.74) is 1.77. The van der Waals surface area contributed by atoms with E-state index in [-0.39, 0.29) is 11.6 Å². The second-order valence-corrected chi connectivity index (χ2v) is 5.16. The number of rotatable bonds is 5. The standard InChI is InChI=1S/C20H17NO4/c1-23-17-12-5-3-8-14(17)9-7-11-16-20(22)25-19(21-16)15-10-4-6-13-18(15)24-2/h3-13H,1-2H3. The first-order valence-corrected chi connectivity index (χ1v) is 7.68. The van der Waals surface area contributed by atoms with Crippen LogP contribution in [0, 0.1) is 0 Å². The van der Waals surface area contributed by atoms with Crippen molar-refractivity contribution in [2.75, 3.05) is 14.2 Å². The molecule has 0 radical (unpaired) electrons. The average molecular weight is 335 g/mol. The van der Waals surface area contributed by atoms with Gasteiger partial charge in [-0.05, 0) is 24.3 Å². The fourth-order valence-electron chi connectivity index (χ4n) is 2.41. The third kappa shape index (κ3) is 3.61. The minimum Gasteiger partial charge on any atom is -0.496 e. The molecule has 0 unspecified atom stereocenters. The zero-order chi connectivity index (χ0) is 17.6. The number of hydrogen-bond donors (Lipinski definition) is 0. The number of carbonyl (C=O) groups is 1. The second-order valence-electron chi connectivity index (χ2n) is 5.16. The van der Waals surface area contributed by atoms with Crippen LogP contribution >= 0.6 is 0 Å². The molecule has 3 rings (SSSR count). The van der Waals surface area contributed by atoms with Crippen molar-refractivity contribution in [3.8, 4) is 11.5 Å². The number of esters is 1. The van der Waals surface area contributed by atoms with Crippen LogP contribution in [0.1, 0.15) is 11.1 Å². The lowest BCUT2D eigenvalue weighted by atomic mass is 10.2. The lowest BCUT2D eigenvalue weighted by molar-refractivity contribution is -0.130. The van der Waals surface area contributed by atoms with Gasteiger partial charge in [-0.15, -0.1) is 0 Å². The maximum atomic E-state index is 12.0. The van der Waals surface area contributed by atoms with Crippen LogP contribution < -0.4 is 9.47 Å². The monoisotopic (exact) mass is 335 g/mol. The zero-order valence-corrected chi connectivity index (χ0v) is 13.9. The van der Waals surface area contributed by atoms with Crippen molar-refractivity contribution in [1.29, 1.82) is 0 Å². The Kier molecular flexibility index (Phi) is 4.95. The third-order valence-electron chi connectivity index (χ3n) is 3.63. The predicted octanol–water partition coefficient (Wildman–Crippen LogP) is 3.60. The summed E-state index contributed by atoms with van der Waals surface area (Å²) >= 11 is 0. The Balaban J connectivity index is 1.85. The summed E-state index contributed by atoms with van der Waals surface area (Å²) in [6.45, 7) is 0. The summed E-state index contributed by atoms with van der Waals surface area (Å²) in [7, 11) is 3.17. The number of benzene rings is 2. The molecule has 1 aliphatic rings. The van der Waals surface area contributed by atoms with E-state index in [1.54, 1.807) is 38.5 Å². The molecule has 126 valence electrons. The molecule has 0 fully saturated rings. The highest BCUT2D eigenvalue weighted by Crippen LogP contribution is 2.24. The lowest BCUT2D eigenvalue weighted by Gasteiger charge is -2.05. The maximum Gasteiger partial charge on any atom is 0.363 e. The summed E-state index contributed by atoms with van der Waals surface area (Å²) in [5.74, 6) is 1.09. The molecule has 1 aliphatic heterocycles. The molecule has 5 nitrogen and oxygen atoms in total. The Morgan fingerprint density at radius 2 is 1.64 bits per heavy atom. The number of methoxy groups -OCH3 is 2. The van der Waals surface area contributed by atoms with Gasteiger partial charge in [0.15, 0.2) is 5.70 Å². The fourth-order valence-corrected chi connectivity index (χ4v) is 2.41. The highest BCUT2D eigenvalue weighted by molar-refractivity contribution is 6.12. The molecule has 0 aliphatic carbocycles. The van der Waals surface area contributed by atoms with Crippen LogP contribution in [0.15, 0.2) is 71.4 Å². The van der Waals surface area contributed by atoms with Crippen LogP contribution in [0.4, 0.5) is 0 Å². The topological polar surface area (TPSA) is 57.1 Å². The number of carbonyl (C=O) groups excluding carboxylic acids is 1. The van der Waals surface area contributed by atoms with Gasteiger partial charge in [0.2, 0.25) is 5.90 Å². The van der Waals surface area contributed by atoms with Crippen LogP contribution in [0.5, 0.6) is 11.5 Å². The minimum absolute atomic E-state index is 0.229. The molecule has 0 atom stereocenters. The van der Waals surface area contributed by atoms with E-state index in [2.05, 4.69) is 4.99 Å². The summed E-state index contributed by atoms with van der Waals surface area (Å²) in [5, 5.41) is 0. The number of nitrogens with zero attached hydrogens (tertiary/aromatic N) is 1. The molecule has 0 amide bonds. The molecule has 0 saturated heterocycles. The summed E-state index contributed by atoms with van der Waals surface area (Å²) in [4.78, 5) is 16.3. The van der Waals surface area contributed by atoms with Crippen molar-refractivity contribution in [1.82, 2.24) is 0 Å². The highest BCUT2D eigenvalue weighted by Gasteiger charge is 2.25. The van der Waals surface area contributed by atoms with Crippen LogP contribution in [0.2, 0.25) is 0 Å². The molecule has 0 bridgehead atoms.